The highest BCUT2D eigenvalue weighted by molar-refractivity contribution is 7.71. The molecule has 2 fully saturated rings. The zero-order valence-electron chi connectivity index (χ0n) is 15.7. The first-order chi connectivity index (χ1) is 13.2. The van der Waals surface area contributed by atoms with Gasteiger partial charge in [0.15, 0.2) is 6.67 Å². The van der Waals surface area contributed by atoms with Gasteiger partial charge in [-0.1, -0.05) is 6.07 Å². The molecule has 3 heterocycles. The van der Waals surface area contributed by atoms with Crippen molar-refractivity contribution in [2.75, 3.05) is 19.7 Å². The van der Waals surface area contributed by atoms with Crippen molar-refractivity contribution < 1.29 is 14.4 Å². The van der Waals surface area contributed by atoms with E-state index in [1.807, 2.05) is 11.6 Å². The molecule has 6 nitrogen and oxygen atoms in total. The summed E-state index contributed by atoms with van der Waals surface area (Å²) in [5.74, 6) is 1.02. The second-order valence-corrected chi connectivity index (χ2v) is 8.91. The van der Waals surface area contributed by atoms with E-state index in [9.17, 15) is 4.79 Å². The molecule has 1 saturated heterocycles. The summed E-state index contributed by atoms with van der Waals surface area (Å²) in [4.78, 5) is 14.8. The molecule has 27 heavy (non-hydrogen) atoms. The molecule has 2 atom stereocenters. The maximum absolute atomic E-state index is 12.1. The molecule has 0 bridgehead atoms. The number of likely N-dealkylation sites (tertiary alicyclic amines) is 1. The number of ether oxygens (including phenoxy) is 1. The molecule has 1 unspecified atom stereocenters. The van der Waals surface area contributed by atoms with Crippen LogP contribution in [0.3, 0.4) is 0 Å². The molecule has 146 valence electrons. The number of thiophene rings is 1. The molecule has 2 aromatic heterocycles. The van der Waals surface area contributed by atoms with Crippen LogP contribution >= 0.6 is 23.6 Å². The van der Waals surface area contributed by atoms with Gasteiger partial charge in [0, 0.05) is 17.3 Å². The van der Waals surface area contributed by atoms with Crippen LogP contribution in [0, 0.1) is 10.7 Å². The van der Waals surface area contributed by atoms with Gasteiger partial charge >= 0.3 is 5.97 Å². The Morgan fingerprint density at radius 1 is 1.44 bits per heavy atom. The fourth-order valence-corrected chi connectivity index (χ4v) is 4.99. The molecule has 1 saturated carbocycles. The number of carbonyl (C=O) groups is 1. The van der Waals surface area contributed by atoms with Gasteiger partial charge in [0.25, 0.3) is 0 Å². The van der Waals surface area contributed by atoms with Crippen LogP contribution in [0.5, 0.6) is 0 Å². The van der Waals surface area contributed by atoms with Gasteiger partial charge in [-0.3, -0.25) is 4.79 Å². The number of piperidine rings is 1. The molecular formula is C19H27N4O2S2+. The van der Waals surface area contributed by atoms with Crippen molar-refractivity contribution >= 4 is 29.5 Å². The van der Waals surface area contributed by atoms with E-state index in [0.717, 1.165) is 49.6 Å². The molecule has 0 spiro atoms. The number of hydrogen-bond donors (Lipinski definition) is 1. The van der Waals surface area contributed by atoms with Crippen molar-refractivity contribution in [3.05, 3.63) is 33.0 Å². The van der Waals surface area contributed by atoms with Crippen molar-refractivity contribution in [1.29, 1.82) is 0 Å². The molecular weight excluding hydrogens is 380 g/mol. The third kappa shape index (κ3) is 4.33. The minimum atomic E-state index is -0.0554. The quantitative estimate of drug-likeness (QED) is 0.565. The highest BCUT2D eigenvalue weighted by atomic mass is 32.1. The summed E-state index contributed by atoms with van der Waals surface area (Å²) in [6.07, 6.45) is 5.19. The summed E-state index contributed by atoms with van der Waals surface area (Å²) in [5.41, 5.74) is 0. The molecule has 2 aliphatic rings. The Morgan fingerprint density at radius 3 is 3.00 bits per heavy atom. The lowest BCUT2D eigenvalue weighted by atomic mass is 9.99. The Hall–Kier alpha value is -1.51. The second kappa shape index (κ2) is 8.24. The minimum Gasteiger partial charge on any atom is -0.466 e. The van der Waals surface area contributed by atoms with Crippen molar-refractivity contribution in [3.8, 4) is 0 Å². The molecule has 0 aromatic carbocycles. The van der Waals surface area contributed by atoms with Crippen LogP contribution in [0.1, 0.15) is 49.4 Å². The Labute approximate surface area is 168 Å². The van der Waals surface area contributed by atoms with Gasteiger partial charge in [0.1, 0.15) is 11.7 Å². The van der Waals surface area contributed by atoms with E-state index in [1.165, 1.54) is 22.6 Å². The van der Waals surface area contributed by atoms with E-state index in [2.05, 4.69) is 22.1 Å². The van der Waals surface area contributed by atoms with Crippen LogP contribution in [0.25, 0.3) is 0 Å². The van der Waals surface area contributed by atoms with E-state index in [0.29, 0.717) is 12.6 Å². The predicted molar refractivity (Wildman–Crippen MR) is 107 cm³/mol. The summed E-state index contributed by atoms with van der Waals surface area (Å²) in [6, 6.07) is 4.76. The van der Waals surface area contributed by atoms with E-state index in [-0.39, 0.29) is 11.9 Å². The van der Waals surface area contributed by atoms with Gasteiger partial charge in [0.2, 0.25) is 4.77 Å². The molecule has 1 N–H and O–H groups in total. The van der Waals surface area contributed by atoms with Crippen LogP contribution in [0.2, 0.25) is 0 Å². The average molecular weight is 408 g/mol. The topological polar surface area (TPSA) is 53.5 Å². The Morgan fingerprint density at radius 2 is 2.30 bits per heavy atom. The van der Waals surface area contributed by atoms with Gasteiger partial charge < -0.3 is 14.2 Å². The highest BCUT2D eigenvalue weighted by Crippen LogP contribution is 2.36. The first kappa shape index (κ1) is 18.8. The largest absolute Gasteiger partial charge is 0.466 e. The summed E-state index contributed by atoms with van der Waals surface area (Å²) in [5, 5.41) is 7.00. The third-order valence-corrected chi connectivity index (χ3v) is 6.66. The number of nitrogens with zero attached hydrogens (tertiary/aromatic N) is 3. The predicted octanol–water partition coefficient (Wildman–Crippen LogP) is 2.22. The third-order valence-electron chi connectivity index (χ3n) is 5.38. The standard InChI is InChI=1S/C19H26N4O2S2/c1-2-25-18(24)14-5-3-9-21(12-14)13-22-19(26)23(15-7-8-15)17(20-22)11-16-6-4-10-27-16/h4,6,10,14-15H,2-3,5,7-9,11-13H2,1H3/p+1/t14-/m0/s1. The number of nitrogens with one attached hydrogen (secondary N) is 1. The fourth-order valence-electron chi connectivity index (χ4n) is 3.92. The smallest absolute Gasteiger partial charge is 0.314 e. The van der Waals surface area contributed by atoms with Crippen LogP contribution in [0.15, 0.2) is 17.5 Å². The normalized spacial score (nSPS) is 22.7. The fraction of sp³-hybridized carbons (Fsp3) is 0.632. The van der Waals surface area contributed by atoms with Gasteiger partial charge in [-0.2, -0.15) is 9.78 Å². The number of esters is 1. The van der Waals surface area contributed by atoms with E-state index < -0.39 is 0 Å². The Balaban J connectivity index is 1.50. The van der Waals surface area contributed by atoms with Crippen LogP contribution in [0.4, 0.5) is 0 Å². The van der Waals surface area contributed by atoms with Gasteiger partial charge in [-0.15, -0.1) is 11.3 Å². The Kier molecular flexibility index (Phi) is 5.75. The maximum Gasteiger partial charge on any atom is 0.314 e. The number of rotatable bonds is 7. The first-order valence-electron chi connectivity index (χ1n) is 9.86. The molecule has 8 heteroatoms. The number of quaternary nitrogens is 1. The van der Waals surface area contributed by atoms with Crippen LogP contribution < -0.4 is 4.90 Å². The maximum atomic E-state index is 12.1. The zero-order chi connectivity index (χ0) is 18.8. The van der Waals surface area contributed by atoms with E-state index in [1.54, 1.807) is 11.3 Å². The van der Waals surface area contributed by atoms with E-state index in [4.69, 9.17) is 22.1 Å². The highest BCUT2D eigenvalue weighted by Gasteiger charge is 2.32. The SMILES string of the molecule is CCOC(=O)[C@H]1CCC[NH+](Cn2nc(Cc3cccs3)n(C3CC3)c2=S)C1. The lowest BCUT2D eigenvalue weighted by Crippen LogP contribution is -3.13. The van der Waals surface area contributed by atoms with Gasteiger partial charge in [-0.05, 0) is 56.3 Å². The summed E-state index contributed by atoms with van der Waals surface area (Å²) < 4.78 is 10.3. The lowest BCUT2D eigenvalue weighted by Gasteiger charge is -2.28. The van der Waals surface area contributed by atoms with Gasteiger partial charge in [-0.25, -0.2) is 0 Å². The number of hydrogen-bond acceptors (Lipinski definition) is 5. The van der Waals surface area contributed by atoms with Crippen molar-refractivity contribution in [3.63, 3.8) is 0 Å². The molecule has 1 aliphatic heterocycles. The number of carbonyl (C=O) groups excluding carboxylic acids is 1. The average Bonchev–Trinajstić information content (AvgIpc) is 3.27. The second-order valence-electron chi connectivity index (χ2n) is 7.51. The first-order valence-corrected chi connectivity index (χ1v) is 11.1. The van der Waals surface area contributed by atoms with Crippen molar-refractivity contribution in [1.82, 2.24) is 14.3 Å². The molecule has 0 radical (unpaired) electrons. The van der Waals surface area contributed by atoms with Crippen molar-refractivity contribution in [2.24, 2.45) is 5.92 Å². The molecule has 0 amide bonds. The monoisotopic (exact) mass is 407 g/mol. The summed E-state index contributed by atoms with van der Waals surface area (Å²) >= 11 is 7.54. The Bertz CT molecular complexity index is 839. The summed E-state index contributed by atoms with van der Waals surface area (Å²) in [6.45, 7) is 4.90. The zero-order valence-corrected chi connectivity index (χ0v) is 17.4. The molecule has 1 aliphatic carbocycles. The molecule has 2 aromatic rings. The van der Waals surface area contributed by atoms with E-state index >= 15 is 0 Å². The molecule has 4 rings (SSSR count). The van der Waals surface area contributed by atoms with Crippen LogP contribution in [-0.4, -0.2) is 40.0 Å². The number of aromatic nitrogens is 3. The minimum absolute atomic E-state index is 0.000946. The van der Waals surface area contributed by atoms with Gasteiger partial charge in [0.05, 0.1) is 19.7 Å². The van der Waals surface area contributed by atoms with Crippen LogP contribution in [-0.2, 0) is 22.6 Å². The van der Waals surface area contributed by atoms with Crippen molar-refractivity contribution in [2.45, 2.75) is 51.7 Å². The lowest BCUT2D eigenvalue weighted by molar-refractivity contribution is -0.930. The summed E-state index contributed by atoms with van der Waals surface area (Å²) in [7, 11) is 0.